The number of nitrogens with zero attached hydrogens (tertiary/aromatic N) is 1. The topological polar surface area (TPSA) is 89.9 Å². The third-order valence-electron chi connectivity index (χ3n) is 3.99. The van der Waals surface area contributed by atoms with E-state index in [4.69, 9.17) is 14.2 Å². The first kappa shape index (κ1) is 17.7. The van der Waals surface area contributed by atoms with E-state index in [0.717, 1.165) is 5.69 Å². The average Bonchev–Trinajstić information content (AvgIpc) is 3.14. The van der Waals surface area contributed by atoms with Crippen molar-refractivity contribution in [3.8, 4) is 11.5 Å². The molecule has 2 heterocycles. The molecule has 3 rings (SSSR count). The number of carbonyl (C=O) groups excluding carboxylic acids is 1. The number of phenolic OH excluding ortho intramolecular Hbond substituents is 1. The highest BCUT2D eigenvalue weighted by Crippen LogP contribution is 2.26. The molecular weight excluding hydrogens is 344 g/mol. The molecule has 1 amide bonds. The van der Waals surface area contributed by atoms with Crippen LogP contribution in [0.5, 0.6) is 11.5 Å². The van der Waals surface area contributed by atoms with Gasteiger partial charge in [0.1, 0.15) is 6.10 Å². The molecule has 0 saturated carbocycles. The molecule has 2 N–H and O–H groups in total. The molecule has 0 unspecified atom stereocenters. The fraction of sp³-hybridized carbons (Fsp3) is 0.412. The molecule has 134 valence electrons. The van der Waals surface area contributed by atoms with Gasteiger partial charge in [-0.05, 0) is 24.6 Å². The summed E-state index contributed by atoms with van der Waals surface area (Å²) in [5.41, 5.74) is 2.98. The van der Waals surface area contributed by atoms with Crippen molar-refractivity contribution >= 4 is 17.2 Å². The van der Waals surface area contributed by atoms with Gasteiger partial charge in [-0.15, -0.1) is 11.3 Å². The molecule has 7 nitrogen and oxygen atoms in total. The number of methoxy groups -OCH3 is 1. The number of aromatic nitrogens is 1. The molecule has 0 radical (unpaired) electrons. The van der Waals surface area contributed by atoms with E-state index in [1.165, 1.54) is 24.5 Å². The van der Waals surface area contributed by atoms with Gasteiger partial charge in [-0.25, -0.2) is 4.98 Å². The summed E-state index contributed by atoms with van der Waals surface area (Å²) >= 11 is 1.51. The predicted octanol–water partition coefficient (Wildman–Crippen LogP) is 1.96. The Morgan fingerprint density at radius 2 is 2.40 bits per heavy atom. The van der Waals surface area contributed by atoms with Crippen LogP contribution >= 0.6 is 11.3 Å². The van der Waals surface area contributed by atoms with Crippen LogP contribution in [-0.2, 0) is 16.1 Å². The Balaban J connectivity index is 1.62. The Kier molecular flexibility index (Phi) is 5.85. The van der Waals surface area contributed by atoms with Crippen LogP contribution in [0.15, 0.2) is 29.1 Å². The lowest BCUT2D eigenvalue weighted by molar-refractivity contribution is -0.0742. The minimum Gasteiger partial charge on any atom is -0.504 e. The van der Waals surface area contributed by atoms with E-state index >= 15 is 0 Å². The maximum absolute atomic E-state index is 12.5. The lowest BCUT2D eigenvalue weighted by Gasteiger charge is -2.32. The van der Waals surface area contributed by atoms with Crippen LogP contribution in [0, 0.1) is 0 Å². The van der Waals surface area contributed by atoms with Gasteiger partial charge in [0.2, 0.25) is 0 Å². The van der Waals surface area contributed by atoms with Crippen molar-refractivity contribution in [1.82, 2.24) is 10.3 Å². The number of thiazole rings is 1. The highest BCUT2D eigenvalue weighted by atomic mass is 32.1. The minimum atomic E-state index is -0.271. The summed E-state index contributed by atoms with van der Waals surface area (Å²) in [6.45, 7) is 1.37. The fourth-order valence-electron chi connectivity index (χ4n) is 2.63. The first-order valence-electron chi connectivity index (χ1n) is 7.91. The number of carbonyl (C=O) groups is 1. The number of ether oxygens (including phenoxy) is 3. The standard InChI is InChI=1S/C17H20N2O5S/c1-22-15-3-2-11(6-14(15)20)17(21)19-13-4-5-23-8-16(13)24-7-12-9-25-10-18-12/h2-3,6,9-10,13,16,20H,4-5,7-8H2,1H3,(H,19,21)/t13-,16-/m1/s1. The quantitative estimate of drug-likeness (QED) is 0.814. The zero-order chi connectivity index (χ0) is 17.6. The minimum absolute atomic E-state index is 0.0709. The number of aromatic hydroxyl groups is 1. The van der Waals surface area contributed by atoms with E-state index in [1.54, 1.807) is 17.6 Å². The van der Waals surface area contributed by atoms with Crippen molar-refractivity contribution in [3.63, 3.8) is 0 Å². The molecule has 1 aliphatic rings. The molecule has 2 atom stereocenters. The third kappa shape index (κ3) is 4.47. The molecule has 1 aliphatic heterocycles. The summed E-state index contributed by atoms with van der Waals surface area (Å²) in [4.78, 5) is 16.7. The second kappa shape index (κ2) is 8.28. The molecule has 25 heavy (non-hydrogen) atoms. The molecule has 2 aromatic rings. The molecule has 8 heteroatoms. The Morgan fingerprint density at radius 1 is 1.52 bits per heavy atom. The van der Waals surface area contributed by atoms with Gasteiger partial charge in [0, 0.05) is 17.6 Å². The van der Waals surface area contributed by atoms with Gasteiger partial charge in [0.05, 0.1) is 37.6 Å². The van der Waals surface area contributed by atoms with Gasteiger partial charge in [-0.2, -0.15) is 0 Å². The molecule has 0 spiro atoms. The molecular formula is C17H20N2O5S. The largest absolute Gasteiger partial charge is 0.504 e. The summed E-state index contributed by atoms with van der Waals surface area (Å²) < 4.78 is 16.3. The number of hydrogen-bond acceptors (Lipinski definition) is 7. The lowest BCUT2D eigenvalue weighted by atomic mass is 10.0. The van der Waals surface area contributed by atoms with Gasteiger partial charge < -0.3 is 24.6 Å². The molecule has 1 fully saturated rings. The summed E-state index contributed by atoms with van der Waals surface area (Å²) in [6.07, 6.45) is 0.418. The van der Waals surface area contributed by atoms with Crippen molar-refractivity contribution in [1.29, 1.82) is 0 Å². The van der Waals surface area contributed by atoms with Gasteiger partial charge in [-0.1, -0.05) is 0 Å². The highest BCUT2D eigenvalue weighted by Gasteiger charge is 2.28. The van der Waals surface area contributed by atoms with E-state index in [2.05, 4.69) is 10.3 Å². The average molecular weight is 364 g/mol. The van der Waals surface area contributed by atoms with Gasteiger partial charge in [0.15, 0.2) is 11.5 Å². The number of benzene rings is 1. The van der Waals surface area contributed by atoms with Gasteiger partial charge in [0.25, 0.3) is 5.91 Å². The molecule has 0 bridgehead atoms. The van der Waals surface area contributed by atoms with Crippen LogP contribution in [0.3, 0.4) is 0 Å². The smallest absolute Gasteiger partial charge is 0.251 e. The van der Waals surface area contributed by atoms with Crippen LogP contribution in [0.25, 0.3) is 0 Å². The second-order valence-corrected chi connectivity index (χ2v) is 6.38. The first-order valence-corrected chi connectivity index (χ1v) is 8.86. The molecule has 1 aromatic heterocycles. The van der Waals surface area contributed by atoms with Crippen LogP contribution < -0.4 is 10.1 Å². The van der Waals surface area contributed by atoms with Gasteiger partial charge >= 0.3 is 0 Å². The zero-order valence-electron chi connectivity index (χ0n) is 13.8. The first-order chi connectivity index (χ1) is 12.2. The Morgan fingerprint density at radius 3 is 3.12 bits per heavy atom. The van der Waals surface area contributed by atoms with E-state index in [9.17, 15) is 9.90 Å². The van der Waals surface area contributed by atoms with Crippen molar-refractivity contribution in [3.05, 3.63) is 40.3 Å². The number of phenols is 1. The van der Waals surface area contributed by atoms with Crippen molar-refractivity contribution in [2.24, 2.45) is 0 Å². The third-order valence-corrected chi connectivity index (χ3v) is 4.63. The SMILES string of the molecule is COc1ccc(C(=O)N[C@@H]2CCOC[C@H]2OCc2cscn2)cc1O. The van der Waals surface area contributed by atoms with Crippen LogP contribution in [0.1, 0.15) is 22.5 Å². The van der Waals surface area contributed by atoms with Crippen LogP contribution in [0.2, 0.25) is 0 Å². The maximum atomic E-state index is 12.5. The van der Waals surface area contributed by atoms with Crippen LogP contribution in [0.4, 0.5) is 0 Å². The fourth-order valence-corrected chi connectivity index (χ4v) is 3.17. The summed E-state index contributed by atoms with van der Waals surface area (Å²) in [5.74, 6) is -0.0161. The van der Waals surface area contributed by atoms with E-state index in [-0.39, 0.29) is 23.8 Å². The maximum Gasteiger partial charge on any atom is 0.251 e. The number of hydrogen-bond donors (Lipinski definition) is 2. The Hall–Kier alpha value is -2.16. The number of amides is 1. The van der Waals surface area contributed by atoms with E-state index < -0.39 is 0 Å². The van der Waals surface area contributed by atoms with Gasteiger partial charge in [-0.3, -0.25) is 4.79 Å². The Bertz CT molecular complexity index is 707. The van der Waals surface area contributed by atoms with Crippen molar-refractivity contribution < 1.29 is 24.1 Å². The molecule has 0 aliphatic carbocycles. The van der Waals surface area contributed by atoms with E-state index in [1.807, 2.05) is 5.38 Å². The Labute approximate surface area is 149 Å². The molecule has 1 aromatic carbocycles. The lowest BCUT2D eigenvalue weighted by Crippen LogP contribution is -2.49. The van der Waals surface area contributed by atoms with Crippen LogP contribution in [-0.4, -0.2) is 48.5 Å². The zero-order valence-corrected chi connectivity index (χ0v) is 14.6. The normalized spacial score (nSPS) is 20.2. The summed E-state index contributed by atoms with van der Waals surface area (Å²) in [5, 5.41) is 14.7. The second-order valence-electron chi connectivity index (χ2n) is 5.66. The number of nitrogens with one attached hydrogen (secondary N) is 1. The number of rotatable bonds is 6. The van der Waals surface area contributed by atoms with Crippen molar-refractivity contribution in [2.75, 3.05) is 20.3 Å². The summed E-state index contributed by atoms with van der Waals surface area (Å²) in [7, 11) is 1.46. The van der Waals surface area contributed by atoms with E-state index in [0.29, 0.717) is 37.6 Å². The summed E-state index contributed by atoms with van der Waals surface area (Å²) in [6, 6.07) is 4.39. The molecule has 1 saturated heterocycles. The predicted molar refractivity (Wildman–Crippen MR) is 92.0 cm³/mol. The van der Waals surface area contributed by atoms with Crippen molar-refractivity contribution in [2.45, 2.75) is 25.2 Å². The monoisotopic (exact) mass is 364 g/mol. The highest BCUT2D eigenvalue weighted by molar-refractivity contribution is 7.07.